The summed E-state index contributed by atoms with van der Waals surface area (Å²) in [5, 5.41) is 6.85. The maximum Gasteiger partial charge on any atom is 0.228 e. The molecule has 5 nitrogen and oxygen atoms in total. The predicted molar refractivity (Wildman–Crippen MR) is 93.6 cm³/mol. The maximum absolute atomic E-state index is 12.3. The number of aromatic nitrogens is 2. The minimum Gasteiger partial charge on any atom is -0.339 e. The van der Waals surface area contributed by atoms with Gasteiger partial charge in [0, 0.05) is 16.3 Å². The number of benzene rings is 1. The molecule has 0 aliphatic carbocycles. The molecule has 0 bridgehead atoms. The Balaban J connectivity index is 1.74. The van der Waals surface area contributed by atoms with Gasteiger partial charge in [-0.05, 0) is 24.6 Å². The van der Waals surface area contributed by atoms with Crippen molar-refractivity contribution in [3.63, 3.8) is 0 Å². The van der Waals surface area contributed by atoms with Gasteiger partial charge in [-0.25, -0.2) is 0 Å². The van der Waals surface area contributed by atoms with E-state index in [2.05, 4.69) is 31.4 Å². The number of halogens is 1. The number of nitrogens with zero attached hydrogens (tertiary/aromatic N) is 2. The smallest absolute Gasteiger partial charge is 0.228 e. The predicted octanol–water partition coefficient (Wildman–Crippen LogP) is 4.36. The lowest BCUT2D eigenvalue weighted by molar-refractivity contribution is -0.115. The highest BCUT2D eigenvalue weighted by molar-refractivity contribution is 9.10. The Hall–Kier alpha value is -1.99. The average molecular weight is 392 g/mol. The molecule has 2 aromatic heterocycles. The van der Waals surface area contributed by atoms with E-state index in [4.69, 9.17) is 4.52 Å². The molecule has 2 heterocycles. The Kier molecular flexibility index (Phi) is 4.58. The minimum atomic E-state index is -0.0614. The molecule has 118 valence electrons. The van der Waals surface area contributed by atoms with Gasteiger partial charge in [0.15, 0.2) is 0 Å². The van der Waals surface area contributed by atoms with Crippen molar-refractivity contribution in [3.8, 4) is 10.7 Å². The van der Waals surface area contributed by atoms with Gasteiger partial charge in [0.1, 0.15) is 0 Å². The SMILES string of the molecule is Cc1nc(-c2cc(NC(=O)Cc3ccccc3Br)c(C)s2)no1. The van der Waals surface area contributed by atoms with Crippen LogP contribution in [0.5, 0.6) is 0 Å². The summed E-state index contributed by atoms with van der Waals surface area (Å²) < 4.78 is 5.93. The summed E-state index contributed by atoms with van der Waals surface area (Å²) in [6.07, 6.45) is 0.313. The molecular formula is C16H14BrN3O2S. The van der Waals surface area contributed by atoms with Crippen LogP contribution in [0.15, 0.2) is 39.3 Å². The lowest BCUT2D eigenvalue weighted by Crippen LogP contribution is -2.14. The topological polar surface area (TPSA) is 68.0 Å². The molecule has 0 aliphatic heterocycles. The number of amides is 1. The number of hydrogen-bond donors (Lipinski definition) is 1. The summed E-state index contributed by atoms with van der Waals surface area (Å²) in [5.41, 5.74) is 1.73. The first kappa shape index (κ1) is 15.9. The van der Waals surface area contributed by atoms with Crippen LogP contribution in [0, 0.1) is 13.8 Å². The molecule has 0 aliphatic rings. The van der Waals surface area contributed by atoms with Crippen molar-refractivity contribution in [1.82, 2.24) is 10.1 Å². The van der Waals surface area contributed by atoms with Crippen LogP contribution < -0.4 is 5.32 Å². The second kappa shape index (κ2) is 6.64. The number of nitrogens with one attached hydrogen (secondary N) is 1. The van der Waals surface area contributed by atoms with E-state index in [1.165, 1.54) is 11.3 Å². The number of thiophene rings is 1. The highest BCUT2D eigenvalue weighted by atomic mass is 79.9. The van der Waals surface area contributed by atoms with E-state index in [1.54, 1.807) is 6.92 Å². The maximum atomic E-state index is 12.3. The molecular weight excluding hydrogens is 378 g/mol. The molecule has 0 saturated carbocycles. The van der Waals surface area contributed by atoms with Gasteiger partial charge >= 0.3 is 0 Å². The van der Waals surface area contributed by atoms with Crippen LogP contribution in [-0.2, 0) is 11.2 Å². The number of anilines is 1. The molecule has 1 aromatic carbocycles. The molecule has 0 atom stereocenters. The van der Waals surface area contributed by atoms with E-state index in [0.717, 1.165) is 25.5 Å². The van der Waals surface area contributed by atoms with Crippen molar-refractivity contribution in [2.45, 2.75) is 20.3 Å². The van der Waals surface area contributed by atoms with E-state index in [-0.39, 0.29) is 5.91 Å². The summed E-state index contributed by atoms with van der Waals surface area (Å²) in [7, 11) is 0. The second-order valence-electron chi connectivity index (χ2n) is 5.03. The fourth-order valence-corrected chi connectivity index (χ4v) is 3.45. The molecule has 0 radical (unpaired) electrons. The van der Waals surface area contributed by atoms with Crippen LogP contribution in [0.4, 0.5) is 5.69 Å². The van der Waals surface area contributed by atoms with Crippen LogP contribution >= 0.6 is 27.3 Å². The lowest BCUT2D eigenvalue weighted by Gasteiger charge is -2.06. The van der Waals surface area contributed by atoms with Gasteiger partial charge in [0.25, 0.3) is 0 Å². The fraction of sp³-hybridized carbons (Fsp3) is 0.188. The number of hydrogen-bond acceptors (Lipinski definition) is 5. The molecule has 23 heavy (non-hydrogen) atoms. The quantitative estimate of drug-likeness (QED) is 0.717. The van der Waals surface area contributed by atoms with E-state index in [0.29, 0.717) is 18.1 Å². The van der Waals surface area contributed by atoms with Crippen molar-refractivity contribution < 1.29 is 9.32 Å². The number of rotatable bonds is 4. The van der Waals surface area contributed by atoms with Crippen LogP contribution in [-0.4, -0.2) is 16.0 Å². The highest BCUT2D eigenvalue weighted by Crippen LogP contribution is 2.32. The fourth-order valence-electron chi connectivity index (χ4n) is 2.12. The zero-order valence-corrected chi connectivity index (χ0v) is 15.0. The summed E-state index contributed by atoms with van der Waals surface area (Å²) in [6.45, 7) is 3.70. The Labute approximate surface area is 145 Å². The zero-order valence-electron chi connectivity index (χ0n) is 12.6. The van der Waals surface area contributed by atoms with Crippen LogP contribution in [0.25, 0.3) is 10.7 Å². The summed E-state index contributed by atoms with van der Waals surface area (Å²) in [6, 6.07) is 9.57. The van der Waals surface area contributed by atoms with E-state index in [1.807, 2.05) is 37.3 Å². The highest BCUT2D eigenvalue weighted by Gasteiger charge is 2.14. The summed E-state index contributed by atoms with van der Waals surface area (Å²) in [5.74, 6) is 1.00. The number of carbonyl (C=O) groups is 1. The summed E-state index contributed by atoms with van der Waals surface area (Å²) >= 11 is 4.98. The van der Waals surface area contributed by atoms with Crippen molar-refractivity contribution in [1.29, 1.82) is 0 Å². The second-order valence-corrected chi connectivity index (χ2v) is 7.14. The van der Waals surface area contributed by atoms with Gasteiger partial charge in [-0.3, -0.25) is 4.79 Å². The Morgan fingerprint density at radius 3 is 2.83 bits per heavy atom. The molecule has 1 N–H and O–H groups in total. The monoisotopic (exact) mass is 391 g/mol. The van der Waals surface area contributed by atoms with Gasteiger partial charge in [-0.2, -0.15) is 4.98 Å². The molecule has 0 unspecified atom stereocenters. The molecule has 0 fully saturated rings. The largest absolute Gasteiger partial charge is 0.339 e. The van der Waals surface area contributed by atoms with E-state index >= 15 is 0 Å². The molecule has 1 amide bonds. The van der Waals surface area contributed by atoms with Crippen LogP contribution in [0.2, 0.25) is 0 Å². The Morgan fingerprint density at radius 2 is 2.13 bits per heavy atom. The normalized spacial score (nSPS) is 10.7. The van der Waals surface area contributed by atoms with E-state index < -0.39 is 0 Å². The standard InChI is InChI=1S/C16H14BrN3O2S/c1-9-13(8-14(23-9)16-18-10(2)22-20-16)19-15(21)7-11-5-3-4-6-12(11)17/h3-6,8H,7H2,1-2H3,(H,19,21). The molecule has 3 aromatic rings. The molecule has 0 saturated heterocycles. The third-order valence-electron chi connectivity index (χ3n) is 3.25. The number of aryl methyl sites for hydroxylation is 2. The van der Waals surface area contributed by atoms with Crippen molar-refractivity contribution >= 4 is 38.9 Å². The first-order valence-electron chi connectivity index (χ1n) is 6.97. The van der Waals surface area contributed by atoms with Gasteiger partial charge < -0.3 is 9.84 Å². The Bertz CT molecular complexity index is 857. The van der Waals surface area contributed by atoms with Crippen molar-refractivity contribution in [2.75, 3.05) is 5.32 Å². The Morgan fingerprint density at radius 1 is 1.35 bits per heavy atom. The van der Waals surface area contributed by atoms with Gasteiger partial charge in [-0.15, -0.1) is 11.3 Å². The zero-order chi connectivity index (χ0) is 16.4. The lowest BCUT2D eigenvalue weighted by atomic mass is 10.1. The number of carbonyl (C=O) groups excluding carboxylic acids is 1. The first-order valence-corrected chi connectivity index (χ1v) is 8.58. The first-order chi connectivity index (χ1) is 11.0. The summed E-state index contributed by atoms with van der Waals surface area (Å²) in [4.78, 5) is 18.3. The third kappa shape index (κ3) is 3.68. The van der Waals surface area contributed by atoms with E-state index in [9.17, 15) is 4.79 Å². The minimum absolute atomic E-state index is 0.0614. The van der Waals surface area contributed by atoms with Crippen molar-refractivity contribution in [3.05, 3.63) is 51.1 Å². The van der Waals surface area contributed by atoms with Crippen LogP contribution in [0.1, 0.15) is 16.3 Å². The van der Waals surface area contributed by atoms with Gasteiger partial charge in [0.05, 0.1) is 17.0 Å². The van der Waals surface area contributed by atoms with Gasteiger partial charge in [0.2, 0.25) is 17.6 Å². The van der Waals surface area contributed by atoms with Crippen molar-refractivity contribution in [2.24, 2.45) is 0 Å². The molecule has 3 rings (SSSR count). The third-order valence-corrected chi connectivity index (χ3v) is 5.07. The van der Waals surface area contributed by atoms with Crippen LogP contribution in [0.3, 0.4) is 0 Å². The molecule has 0 spiro atoms. The average Bonchev–Trinajstić information content (AvgIpc) is 3.08. The molecule has 7 heteroatoms. The van der Waals surface area contributed by atoms with Gasteiger partial charge in [-0.1, -0.05) is 39.3 Å².